The van der Waals surface area contributed by atoms with Crippen molar-refractivity contribution in [1.29, 1.82) is 0 Å². The van der Waals surface area contributed by atoms with Gasteiger partial charge in [0.15, 0.2) is 0 Å². The highest BCUT2D eigenvalue weighted by Crippen LogP contribution is 2.11. The minimum Gasteiger partial charge on any atom is -0.497 e. The molecule has 1 aromatic carbocycles. The zero-order chi connectivity index (χ0) is 13.5. The number of esters is 1. The smallest absolute Gasteiger partial charge is 0.396 e. The fraction of sp³-hybridized carbons (Fsp3) is 0.385. The van der Waals surface area contributed by atoms with Crippen molar-refractivity contribution in [2.45, 2.75) is 6.42 Å². The molecule has 0 unspecified atom stereocenters. The van der Waals surface area contributed by atoms with E-state index in [1.807, 2.05) is 24.3 Å². The predicted octanol–water partition coefficient (Wildman–Crippen LogP) is 0.869. The van der Waals surface area contributed by atoms with Gasteiger partial charge in [0.1, 0.15) is 5.75 Å². The van der Waals surface area contributed by atoms with Crippen LogP contribution in [-0.2, 0) is 20.7 Å². The van der Waals surface area contributed by atoms with Crippen molar-refractivity contribution in [3.8, 4) is 5.75 Å². The summed E-state index contributed by atoms with van der Waals surface area (Å²) in [6, 6.07) is 7.57. The lowest BCUT2D eigenvalue weighted by Gasteiger charge is -2.15. The lowest BCUT2D eigenvalue weighted by molar-refractivity contribution is -0.157. The third-order valence-corrected chi connectivity index (χ3v) is 2.60. The average molecular weight is 251 g/mol. The van der Waals surface area contributed by atoms with Gasteiger partial charge in [0, 0.05) is 13.6 Å². The third kappa shape index (κ3) is 3.76. The van der Waals surface area contributed by atoms with Crippen LogP contribution in [0.3, 0.4) is 0 Å². The summed E-state index contributed by atoms with van der Waals surface area (Å²) in [4.78, 5) is 23.8. The van der Waals surface area contributed by atoms with E-state index >= 15 is 0 Å². The molecule has 0 fully saturated rings. The van der Waals surface area contributed by atoms with Gasteiger partial charge in [0.05, 0.1) is 14.2 Å². The predicted molar refractivity (Wildman–Crippen MR) is 66.4 cm³/mol. The minimum atomic E-state index is -0.841. The van der Waals surface area contributed by atoms with E-state index < -0.39 is 11.9 Å². The van der Waals surface area contributed by atoms with Crippen molar-refractivity contribution in [2.75, 3.05) is 27.8 Å². The van der Waals surface area contributed by atoms with E-state index in [1.54, 1.807) is 14.2 Å². The lowest BCUT2D eigenvalue weighted by atomic mass is 10.1. The Morgan fingerprint density at radius 2 is 1.78 bits per heavy atom. The standard InChI is InChI=1S/C13H17NO4/c1-14(12(15)13(16)18-3)9-8-10-4-6-11(17-2)7-5-10/h4-7H,8-9H2,1-3H3. The van der Waals surface area contributed by atoms with E-state index in [2.05, 4.69) is 4.74 Å². The van der Waals surface area contributed by atoms with Crippen molar-refractivity contribution in [1.82, 2.24) is 4.90 Å². The quantitative estimate of drug-likeness (QED) is 0.588. The normalized spacial score (nSPS) is 9.72. The Labute approximate surface area is 106 Å². The van der Waals surface area contributed by atoms with Crippen LogP contribution in [-0.4, -0.2) is 44.6 Å². The van der Waals surface area contributed by atoms with E-state index in [-0.39, 0.29) is 0 Å². The summed E-state index contributed by atoms with van der Waals surface area (Å²) in [5, 5.41) is 0. The molecular formula is C13H17NO4. The van der Waals surface area contributed by atoms with Gasteiger partial charge >= 0.3 is 11.9 Å². The molecule has 0 radical (unpaired) electrons. The van der Waals surface area contributed by atoms with Gasteiger partial charge in [-0.05, 0) is 24.1 Å². The van der Waals surface area contributed by atoms with E-state index in [9.17, 15) is 9.59 Å². The van der Waals surface area contributed by atoms with Crippen LogP contribution >= 0.6 is 0 Å². The number of amides is 1. The second-order valence-corrected chi connectivity index (χ2v) is 3.82. The summed E-state index contributed by atoms with van der Waals surface area (Å²) in [5.74, 6) is -0.684. The summed E-state index contributed by atoms with van der Waals surface area (Å²) in [6.45, 7) is 0.459. The van der Waals surface area contributed by atoms with Gasteiger partial charge in [0.25, 0.3) is 0 Å². The molecular weight excluding hydrogens is 234 g/mol. The van der Waals surface area contributed by atoms with Gasteiger partial charge in [-0.15, -0.1) is 0 Å². The number of hydrogen-bond donors (Lipinski definition) is 0. The summed E-state index contributed by atoms with van der Waals surface area (Å²) >= 11 is 0. The second kappa shape index (κ2) is 6.64. The molecule has 1 rings (SSSR count). The number of carbonyl (C=O) groups excluding carboxylic acids is 2. The average Bonchev–Trinajstić information content (AvgIpc) is 2.43. The molecule has 0 aliphatic carbocycles. The van der Waals surface area contributed by atoms with Gasteiger partial charge in [-0.2, -0.15) is 0 Å². The number of methoxy groups -OCH3 is 2. The highest BCUT2D eigenvalue weighted by molar-refractivity contribution is 6.32. The number of rotatable bonds is 4. The van der Waals surface area contributed by atoms with Crippen LogP contribution in [0, 0.1) is 0 Å². The zero-order valence-electron chi connectivity index (χ0n) is 10.8. The Bertz CT molecular complexity index is 414. The van der Waals surface area contributed by atoms with Crippen LogP contribution in [0.1, 0.15) is 5.56 Å². The molecule has 0 aromatic heterocycles. The first kappa shape index (κ1) is 14.0. The van der Waals surface area contributed by atoms with Crippen LogP contribution in [0.25, 0.3) is 0 Å². The molecule has 0 N–H and O–H groups in total. The number of nitrogens with zero attached hydrogens (tertiary/aromatic N) is 1. The Morgan fingerprint density at radius 3 is 2.28 bits per heavy atom. The van der Waals surface area contributed by atoms with Crippen molar-refractivity contribution < 1.29 is 19.1 Å². The van der Waals surface area contributed by atoms with Gasteiger partial charge in [-0.3, -0.25) is 4.79 Å². The number of likely N-dealkylation sites (N-methyl/N-ethyl adjacent to an activating group) is 1. The van der Waals surface area contributed by atoms with Crippen LogP contribution in [0.5, 0.6) is 5.75 Å². The molecule has 18 heavy (non-hydrogen) atoms. The number of carbonyl (C=O) groups is 2. The van der Waals surface area contributed by atoms with E-state index in [0.29, 0.717) is 13.0 Å². The van der Waals surface area contributed by atoms with Crippen LogP contribution in [0.15, 0.2) is 24.3 Å². The van der Waals surface area contributed by atoms with Gasteiger partial charge in [-0.1, -0.05) is 12.1 Å². The lowest BCUT2D eigenvalue weighted by Crippen LogP contribution is -2.35. The van der Waals surface area contributed by atoms with Gasteiger partial charge in [-0.25, -0.2) is 4.79 Å². The Morgan fingerprint density at radius 1 is 1.17 bits per heavy atom. The van der Waals surface area contributed by atoms with Crippen molar-refractivity contribution in [2.24, 2.45) is 0 Å². The third-order valence-electron chi connectivity index (χ3n) is 2.60. The van der Waals surface area contributed by atoms with Gasteiger partial charge < -0.3 is 14.4 Å². The maximum Gasteiger partial charge on any atom is 0.396 e. The molecule has 1 amide bonds. The SMILES string of the molecule is COC(=O)C(=O)N(C)CCc1ccc(OC)cc1. The first-order chi connectivity index (χ1) is 8.58. The van der Waals surface area contributed by atoms with E-state index in [1.165, 1.54) is 12.0 Å². The largest absolute Gasteiger partial charge is 0.497 e. The number of hydrogen-bond acceptors (Lipinski definition) is 4. The van der Waals surface area contributed by atoms with Gasteiger partial charge in [0.2, 0.25) is 0 Å². The molecule has 0 saturated carbocycles. The number of benzene rings is 1. The summed E-state index contributed by atoms with van der Waals surface area (Å²) in [5.41, 5.74) is 1.07. The van der Waals surface area contributed by atoms with E-state index in [4.69, 9.17) is 4.74 Å². The molecule has 98 valence electrons. The maximum absolute atomic E-state index is 11.4. The summed E-state index contributed by atoms with van der Waals surface area (Å²) in [7, 11) is 4.37. The number of ether oxygens (including phenoxy) is 2. The Hall–Kier alpha value is -2.04. The summed E-state index contributed by atoms with van der Waals surface area (Å²) < 4.78 is 9.42. The van der Waals surface area contributed by atoms with Crippen molar-refractivity contribution >= 4 is 11.9 Å². The Balaban J connectivity index is 2.49. The first-order valence-electron chi connectivity index (χ1n) is 5.54. The fourth-order valence-corrected chi connectivity index (χ4v) is 1.43. The monoisotopic (exact) mass is 251 g/mol. The van der Waals surface area contributed by atoms with Crippen LogP contribution in [0.4, 0.5) is 0 Å². The molecule has 0 heterocycles. The molecule has 5 nitrogen and oxygen atoms in total. The molecule has 1 aromatic rings. The first-order valence-corrected chi connectivity index (χ1v) is 5.54. The summed E-state index contributed by atoms with van der Waals surface area (Å²) in [6.07, 6.45) is 0.670. The molecule has 0 bridgehead atoms. The maximum atomic E-state index is 11.4. The highest BCUT2D eigenvalue weighted by atomic mass is 16.5. The molecule has 0 spiro atoms. The molecule has 0 saturated heterocycles. The van der Waals surface area contributed by atoms with Crippen molar-refractivity contribution in [3.63, 3.8) is 0 Å². The van der Waals surface area contributed by atoms with Crippen LogP contribution in [0.2, 0.25) is 0 Å². The second-order valence-electron chi connectivity index (χ2n) is 3.82. The zero-order valence-corrected chi connectivity index (χ0v) is 10.8. The molecule has 0 atom stereocenters. The Kier molecular flexibility index (Phi) is 5.17. The molecule has 0 aliphatic heterocycles. The van der Waals surface area contributed by atoms with Crippen LogP contribution < -0.4 is 4.74 Å². The fourth-order valence-electron chi connectivity index (χ4n) is 1.43. The minimum absolute atomic E-state index is 0.459. The highest BCUT2D eigenvalue weighted by Gasteiger charge is 2.18. The molecule has 5 heteroatoms. The topological polar surface area (TPSA) is 55.8 Å². The van der Waals surface area contributed by atoms with E-state index in [0.717, 1.165) is 11.3 Å². The van der Waals surface area contributed by atoms with Crippen molar-refractivity contribution in [3.05, 3.63) is 29.8 Å². The molecule has 0 aliphatic rings.